The number of fused-ring (bicyclic) bond motifs is 1. The van der Waals surface area contributed by atoms with Crippen LogP contribution < -0.4 is 10.2 Å². The van der Waals surface area contributed by atoms with E-state index < -0.39 is 46.6 Å². The molecule has 1 aromatic carbocycles. The lowest BCUT2D eigenvalue weighted by atomic mass is 9.76. The average Bonchev–Trinajstić information content (AvgIpc) is 3.54. The minimum atomic E-state index is -3.05. The number of aromatic nitrogens is 6. The van der Waals surface area contributed by atoms with Gasteiger partial charge in [-0.05, 0) is 31.7 Å². The van der Waals surface area contributed by atoms with Crippen molar-refractivity contribution >= 4 is 35.1 Å². The number of aliphatic hydroxyl groups excluding tert-OH is 1. The molecule has 0 unspecified atom stereocenters. The number of benzene rings is 1. The highest BCUT2D eigenvalue weighted by Gasteiger charge is 2.47. The fraction of sp³-hybridized carbons (Fsp3) is 0.321. The number of hydrogen-bond acceptors (Lipinski definition) is 8. The van der Waals surface area contributed by atoms with Crippen LogP contribution >= 0.6 is 11.6 Å². The summed E-state index contributed by atoms with van der Waals surface area (Å²) >= 11 is 5.82. The molecule has 11 nitrogen and oxygen atoms in total. The van der Waals surface area contributed by atoms with E-state index >= 15 is 0 Å². The summed E-state index contributed by atoms with van der Waals surface area (Å²) in [5.41, 5.74) is -1.20. The van der Waals surface area contributed by atoms with Gasteiger partial charge in [-0.1, -0.05) is 17.7 Å². The van der Waals surface area contributed by atoms with E-state index in [0.29, 0.717) is 24.0 Å². The number of carbonyl (C=O) groups is 2. The van der Waals surface area contributed by atoms with Crippen molar-refractivity contribution in [3.63, 3.8) is 0 Å². The molecule has 1 saturated carbocycles. The largest absolute Gasteiger partial charge is 0.390 e. The van der Waals surface area contributed by atoms with Crippen LogP contribution in [0.4, 0.5) is 24.8 Å². The number of carbonyl (C=O) groups excluding carboxylic acids is 2. The third-order valence-corrected chi connectivity index (χ3v) is 8.18. The Morgan fingerprint density at radius 1 is 1.16 bits per heavy atom. The van der Waals surface area contributed by atoms with Crippen LogP contribution in [0.15, 0.2) is 43.1 Å². The third kappa shape index (κ3) is 5.20. The highest BCUT2D eigenvalue weighted by Crippen LogP contribution is 2.42. The van der Waals surface area contributed by atoms with E-state index in [1.807, 2.05) is 6.92 Å². The second-order valence-corrected chi connectivity index (χ2v) is 10.8. The van der Waals surface area contributed by atoms with E-state index in [0.717, 1.165) is 31.2 Å². The highest BCUT2D eigenvalue weighted by atomic mass is 35.5. The van der Waals surface area contributed by atoms with Crippen LogP contribution in [-0.2, 0) is 11.4 Å². The lowest BCUT2D eigenvalue weighted by molar-refractivity contribution is -0.123. The number of halogens is 4. The topological polar surface area (TPSA) is 139 Å². The summed E-state index contributed by atoms with van der Waals surface area (Å²) in [6.07, 6.45) is 6.05. The molecule has 2 amide bonds. The average molecular weight is 613 g/mol. The van der Waals surface area contributed by atoms with Crippen LogP contribution in [0.5, 0.6) is 0 Å². The monoisotopic (exact) mass is 612 g/mol. The lowest BCUT2D eigenvalue weighted by Gasteiger charge is -2.25. The van der Waals surface area contributed by atoms with Crippen LogP contribution in [-0.4, -0.2) is 53.2 Å². The molecule has 1 aliphatic heterocycles. The van der Waals surface area contributed by atoms with E-state index in [1.54, 1.807) is 28.2 Å². The number of anilines is 2. The lowest BCUT2D eigenvalue weighted by Crippen LogP contribution is -2.29. The third-order valence-electron chi connectivity index (χ3n) is 7.89. The molecule has 1 aliphatic carbocycles. The van der Waals surface area contributed by atoms with Gasteiger partial charge in [0, 0.05) is 47.7 Å². The van der Waals surface area contributed by atoms with Crippen molar-refractivity contribution in [1.29, 1.82) is 0 Å². The van der Waals surface area contributed by atoms with Crippen molar-refractivity contribution in [1.82, 2.24) is 29.7 Å². The van der Waals surface area contributed by atoms with Crippen molar-refractivity contribution in [2.24, 2.45) is 11.8 Å². The second-order valence-electron chi connectivity index (χ2n) is 10.4. The second kappa shape index (κ2) is 11.3. The molecule has 4 heterocycles. The molecule has 43 heavy (non-hydrogen) atoms. The molecule has 0 spiro atoms. The van der Waals surface area contributed by atoms with Crippen LogP contribution in [0.3, 0.4) is 0 Å². The Balaban J connectivity index is 1.20. The molecule has 2 N–H and O–H groups in total. The van der Waals surface area contributed by atoms with Crippen molar-refractivity contribution in [2.75, 3.05) is 16.8 Å². The molecule has 2 fully saturated rings. The molecule has 1 saturated heterocycles. The summed E-state index contributed by atoms with van der Waals surface area (Å²) in [7, 11) is 0. The first-order valence-electron chi connectivity index (χ1n) is 13.4. The Bertz CT molecular complexity index is 1720. The van der Waals surface area contributed by atoms with Gasteiger partial charge in [0.25, 0.3) is 12.3 Å². The number of alkyl halides is 2. The fourth-order valence-electron chi connectivity index (χ4n) is 5.30. The Morgan fingerprint density at radius 3 is 2.56 bits per heavy atom. The van der Waals surface area contributed by atoms with Crippen LogP contribution in [0, 0.1) is 17.7 Å². The SMILES string of the molecule is C[C@@H](c1cnc(N2C[C@H]3CC[C@H]3C2=O)nc1)n1cc(NC(=O)c2nc(-c3c(C(F)F)ccc(Cl)c3F)cnc2CO)cn1. The summed E-state index contributed by atoms with van der Waals surface area (Å²) in [6, 6.07) is 1.62. The normalized spacial score (nSPS) is 18.5. The molecule has 6 rings (SSSR count). The van der Waals surface area contributed by atoms with Gasteiger partial charge < -0.3 is 10.4 Å². The highest BCUT2D eigenvalue weighted by molar-refractivity contribution is 6.31. The van der Waals surface area contributed by atoms with Gasteiger partial charge in [0.1, 0.15) is 0 Å². The van der Waals surface area contributed by atoms with Crippen molar-refractivity contribution in [2.45, 2.75) is 38.8 Å². The van der Waals surface area contributed by atoms with Gasteiger partial charge in [-0.2, -0.15) is 5.10 Å². The van der Waals surface area contributed by atoms with E-state index in [1.165, 1.54) is 6.20 Å². The first-order chi connectivity index (χ1) is 20.7. The molecule has 0 radical (unpaired) electrons. The smallest absolute Gasteiger partial charge is 0.276 e. The van der Waals surface area contributed by atoms with E-state index in [2.05, 4.69) is 30.4 Å². The Kier molecular flexibility index (Phi) is 7.56. The van der Waals surface area contributed by atoms with Crippen molar-refractivity contribution in [3.8, 4) is 11.3 Å². The predicted octanol–water partition coefficient (Wildman–Crippen LogP) is 4.59. The minimum absolute atomic E-state index is 0.0660. The van der Waals surface area contributed by atoms with Gasteiger partial charge in [-0.25, -0.2) is 28.1 Å². The van der Waals surface area contributed by atoms with Gasteiger partial charge in [0.15, 0.2) is 11.5 Å². The molecule has 0 bridgehead atoms. The summed E-state index contributed by atoms with van der Waals surface area (Å²) in [6.45, 7) is 1.79. The van der Waals surface area contributed by atoms with Crippen LogP contribution in [0.25, 0.3) is 11.3 Å². The van der Waals surface area contributed by atoms with Crippen molar-refractivity contribution in [3.05, 3.63) is 76.5 Å². The van der Waals surface area contributed by atoms with E-state index in [4.69, 9.17) is 11.6 Å². The zero-order chi connectivity index (χ0) is 30.4. The number of amides is 2. The predicted molar refractivity (Wildman–Crippen MR) is 148 cm³/mol. The number of rotatable bonds is 8. The molecular weight excluding hydrogens is 589 g/mol. The fourth-order valence-corrected chi connectivity index (χ4v) is 5.46. The van der Waals surface area contributed by atoms with Gasteiger partial charge in [0.05, 0.1) is 47.1 Å². The minimum Gasteiger partial charge on any atom is -0.390 e. The van der Waals surface area contributed by atoms with Crippen LogP contribution in [0.2, 0.25) is 5.02 Å². The zero-order valence-electron chi connectivity index (χ0n) is 22.6. The Hall–Kier alpha value is -4.43. The maximum absolute atomic E-state index is 14.8. The van der Waals surface area contributed by atoms with Gasteiger partial charge in [0.2, 0.25) is 11.9 Å². The standard InChI is InChI=1S/C28H24ClF3N8O3/c1-13(15-6-34-28(35-7-15)39-10-14-2-3-17(14)27(39)43)40-11-16(8-36-40)37-26(42)24-21(12-41)33-9-20(38-24)22-18(25(31)32)4-5-19(29)23(22)30/h4-9,11,13-14,17,25,41H,2-3,10,12H2,1H3,(H,37,42)/t13-,14+,17+/m0/s1. The summed E-state index contributed by atoms with van der Waals surface area (Å²) in [5, 5.41) is 16.2. The quantitative estimate of drug-likeness (QED) is 0.295. The Morgan fingerprint density at radius 2 is 1.93 bits per heavy atom. The van der Waals surface area contributed by atoms with E-state index in [-0.39, 0.29) is 34.9 Å². The van der Waals surface area contributed by atoms with Crippen LogP contribution in [0.1, 0.15) is 59.5 Å². The van der Waals surface area contributed by atoms with Gasteiger partial charge >= 0.3 is 0 Å². The molecule has 3 aromatic heterocycles. The number of nitrogens with one attached hydrogen (secondary N) is 1. The molecule has 2 aliphatic rings. The summed E-state index contributed by atoms with van der Waals surface area (Å²) in [5.74, 6) is -1.08. The molecule has 4 aromatic rings. The molecule has 15 heteroatoms. The van der Waals surface area contributed by atoms with Gasteiger partial charge in [-0.15, -0.1) is 0 Å². The Labute approximate surface area is 247 Å². The summed E-state index contributed by atoms with van der Waals surface area (Å²) in [4.78, 5) is 44.1. The zero-order valence-corrected chi connectivity index (χ0v) is 23.3. The molecular formula is C28H24ClF3N8O3. The molecule has 3 atom stereocenters. The number of hydrogen-bond donors (Lipinski definition) is 2. The van der Waals surface area contributed by atoms with Gasteiger partial charge in [-0.3, -0.25) is 24.2 Å². The summed E-state index contributed by atoms with van der Waals surface area (Å²) < 4.78 is 43.6. The van der Waals surface area contributed by atoms with E-state index in [9.17, 15) is 27.9 Å². The first kappa shape index (κ1) is 28.7. The maximum Gasteiger partial charge on any atom is 0.276 e. The maximum atomic E-state index is 14.8. The first-order valence-corrected chi connectivity index (χ1v) is 13.8. The number of nitrogens with zero attached hydrogens (tertiary/aromatic N) is 7. The molecule has 222 valence electrons. The van der Waals surface area contributed by atoms with Crippen molar-refractivity contribution < 1.29 is 27.9 Å². The number of aliphatic hydroxyl groups is 1.